The van der Waals surface area contributed by atoms with Crippen LogP contribution in [0.4, 0.5) is 5.69 Å². The van der Waals surface area contributed by atoms with Crippen LogP contribution in [0, 0.1) is 0 Å². The van der Waals surface area contributed by atoms with E-state index in [1.165, 1.54) is 6.20 Å². The van der Waals surface area contributed by atoms with E-state index >= 15 is 0 Å². The van der Waals surface area contributed by atoms with E-state index in [0.717, 1.165) is 25.7 Å². The first kappa shape index (κ1) is 15.8. The molecule has 0 aliphatic rings. The summed E-state index contributed by atoms with van der Waals surface area (Å²) < 4.78 is 27.2. The second-order valence-corrected chi connectivity index (χ2v) is 6.73. The number of aliphatic hydroxyl groups is 1. The lowest BCUT2D eigenvalue weighted by Gasteiger charge is -2.05. The van der Waals surface area contributed by atoms with E-state index in [4.69, 9.17) is 10.8 Å². The summed E-state index contributed by atoms with van der Waals surface area (Å²) in [6, 6.07) is 5.10. The van der Waals surface area contributed by atoms with Gasteiger partial charge in [0.05, 0.1) is 0 Å². The Morgan fingerprint density at radius 1 is 1.19 bits per heavy atom. The first-order chi connectivity index (χ1) is 10.0. The molecule has 0 spiro atoms. The summed E-state index contributed by atoms with van der Waals surface area (Å²) in [5.41, 5.74) is 6.97. The van der Waals surface area contributed by atoms with Crippen LogP contribution in [0.2, 0.25) is 0 Å². The highest BCUT2D eigenvalue weighted by atomic mass is 32.2. The minimum atomic E-state index is -3.52. The molecule has 2 aromatic rings. The number of sulfonamides is 1. The monoisotopic (exact) mass is 311 g/mol. The Bertz CT molecular complexity index is 695. The number of aromatic amines is 1. The first-order valence-corrected chi connectivity index (χ1v) is 8.50. The molecule has 0 saturated heterocycles. The van der Waals surface area contributed by atoms with E-state index in [1.807, 2.05) is 0 Å². The van der Waals surface area contributed by atoms with E-state index in [-0.39, 0.29) is 11.5 Å². The molecule has 0 saturated carbocycles. The molecule has 116 valence electrons. The maximum atomic E-state index is 12.3. The highest BCUT2D eigenvalue weighted by Crippen LogP contribution is 2.24. The lowest BCUT2D eigenvalue weighted by atomic mass is 10.2. The number of nitrogen functional groups attached to an aromatic ring is 1. The summed E-state index contributed by atoms with van der Waals surface area (Å²) in [5.74, 6) is 0. The number of anilines is 1. The van der Waals surface area contributed by atoms with Crippen molar-refractivity contribution >= 4 is 26.6 Å². The molecule has 7 heteroatoms. The molecule has 0 atom stereocenters. The predicted molar refractivity (Wildman–Crippen MR) is 83.5 cm³/mol. The summed E-state index contributed by atoms with van der Waals surface area (Å²) in [4.78, 5) is 3.17. The number of aromatic nitrogens is 1. The molecule has 0 fully saturated rings. The highest BCUT2D eigenvalue weighted by Gasteiger charge is 2.18. The Hall–Kier alpha value is -1.57. The van der Waals surface area contributed by atoms with Crippen molar-refractivity contribution in [2.24, 2.45) is 0 Å². The number of rotatable bonds is 8. The van der Waals surface area contributed by atoms with Crippen LogP contribution in [0.3, 0.4) is 0 Å². The van der Waals surface area contributed by atoms with Gasteiger partial charge in [0, 0.05) is 35.9 Å². The van der Waals surface area contributed by atoms with Crippen molar-refractivity contribution in [2.45, 2.75) is 30.6 Å². The van der Waals surface area contributed by atoms with Gasteiger partial charge in [0.15, 0.2) is 0 Å². The molecule has 0 unspecified atom stereocenters. The second-order valence-electron chi connectivity index (χ2n) is 4.99. The van der Waals surface area contributed by atoms with Gasteiger partial charge in [-0.3, -0.25) is 0 Å². The molecule has 0 bridgehead atoms. The Balaban J connectivity index is 2.01. The molecule has 0 aliphatic heterocycles. The predicted octanol–water partition coefficient (Wildman–Crippen LogP) is 1.58. The van der Waals surface area contributed by atoms with Crippen molar-refractivity contribution in [1.29, 1.82) is 0 Å². The van der Waals surface area contributed by atoms with Crippen LogP contribution in [-0.2, 0) is 10.0 Å². The lowest BCUT2D eigenvalue weighted by molar-refractivity contribution is 0.282. The van der Waals surface area contributed by atoms with Gasteiger partial charge in [0.25, 0.3) is 0 Å². The zero-order valence-electron chi connectivity index (χ0n) is 11.8. The van der Waals surface area contributed by atoms with Gasteiger partial charge in [-0.25, -0.2) is 13.1 Å². The zero-order valence-corrected chi connectivity index (χ0v) is 12.6. The Kier molecular flexibility index (Phi) is 5.22. The Morgan fingerprint density at radius 3 is 2.71 bits per heavy atom. The van der Waals surface area contributed by atoms with Crippen LogP contribution in [0.25, 0.3) is 10.9 Å². The molecule has 0 amide bonds. The smallest absolute Gasteiger partial charge is 0.242 e. The molecule has 0 radical (unpaired) electrons. The maximum Gasteiger partial charge on any atom is 0.242 e. The second kappa shape index (κ2) is 6.93. The van der Waals surface area contributed by atoms with E-state index in [2.05, 4.69) is 9.71 Å². The van der Waals surface area contributed by atoms with Crippen molar-refractivity contribution < 1.29 is 13.5 Å². The summed E-state index contributed by atoms with van der Waals surface area (Å²) in [6.45, 7) is 0.583. The Morgan fingerprint density at radius 2 is 1.95 bits per heavy atom. The normalized spacial score (nSPS) is 12.0. The van der Waals surface area contributed by atoms with Crippen molar-refractivity contribution in [2.75, 3.05) is 18.9 Å². The van der Waals surface area contributed by atoms with Crippen LogP contribution < -0.4 is 10.5 Å². The van der Waals surface area contributed by atoms with Crippen LogP contribution in [0.15, 0.2) is 29.3 Å². The van der Waals surface area contributed by atoms with Crippen molar-refractivity contribution in [3.05, 3.63) is 24.4 Å². The quantitative estimate of drug-likeness (QED) is 0.438. The fourth-order valence-corrected chi connectivity index (χ4v) is 3.46. The van der Waals surface area contributed by atoms with Gasteiger partial charge in [-0.1, -0.05) is 12.8 Å². The first-order valence-electron chi connectivity index (χ1n) is 7.02. The third-order valence-electron chi connectivity index (χ3n) is 3.33. The van der Waals surface area contributed by atoms with Crippen LogP contribution in [0.1, 0.15) is 25.7 Å². The number of benzene rings is 1. The lowest BCUT2D eigenvalue weighted by Crippen LogP contribution is -2.24. The van der Waals surface area contributed by atoms with Gasteiger partial charge >= 0.3 is 0 Å². The number of nitrogens with two attached hydrogens (primary N) is 1. The fourth-order valence-electron chi connectivity index (χ4n) is 2.21. The van der Waals surface area contributed by atoms with Gasteiger partial charge in [-0.2, -0.15) is 0 Å². The van der Waals surface area contributed by atoms with Crippen molar-refractivity contribution in [3.8, 4) is 0 Å². The van der Waals surface area contributed by atoms with Crippen LogP contribution >= 0.6 is 0 Å². The molecule has 1 aromatic heterocycles. The van der Waals surface area contributed by atoms with Crippen molar-refractivity contribution in [1.82, 2.24) is 9.71 Å². The third kappa shape index (κ3) is 3.96. The summed E-state index contributed by atoms with van der Waals surface area (Å²) in [6.07, 6.45) is 4.81. The van der Waals surface area contributed by atoms with Gasteiger partial charge in [-0.05, 0) is 31.0 Å². The minimum absolute atomic E-state index is 0.185. The molecule has 0 aliphatic carbocycles. The van der Waals surface area contributed by atoms with E-state index in [1.54, 1.807) is 18.2 Å². The third-order valence-corrected chi connectivity index (χ3v) is 4.84. The summed E-state index contributed by atoms with van der Waals surface area (Å²) >= 11 is 0. The van der Waals surface area contributed by atoms with Crippen LogP contribution in [0.5, 0.6) is 0 Å². The maximum absolute atomic E-state index is 12.3. The molecule has 2 rings (SSSR count). The molecule has 6 nitrogen and oxygen atoms in total. The van der Waals surface area contributed by atoms with Gasteiger partial charge in [-0.15, -0.1) is 0 Å². The number of fused-ring (bicyclic) bond motifs is 1. The molecular weight excluding hydrogens is 290 g/mol. The zero-order chi connectivity index (χ0) is 15.3. The van der Waals surface area contributed by atoms with E-state index in [0.29, 0.717) is 23.1 Å². The molecule has 21 heavy (non-hydrogen) atoms. The number of hydrogen-bond acceptors (Lipinski definition) is 4. The SMILES string of the molecule is Nc1ccc2c(S(=O)(=O)NCCCCCCO)c[nH]c2c1. The summed E-state index contributed by atoms with van der Waals surface area (Å²) in [5, 5.41) is 9.31. The average molecular weight is 311 g/mol. The number of nitrogens with one attached hydrogen (secondary N) is 2. The molecule has 1 aromatic carbocycles. The average Bonchev–Trinajstić information content (AvgIpc) is 2.86. The Labute approximate surface area is 124 Å². The minimum Gasteiger partial charge on any atom is -0.399 e. The topological polar surface area (TPSA) is 108 Å². The van der Waals surface area contributed by atoms with Crippen LogP contribution in [-0.4, -0.2) is 31.7 Å². The molecule has 5 N–H and O–H groups in total. The van der Waals surface area contributed by atoms with E-state index < -0.39 is 10.0 Å². The fraction of sp³-hybridized carbons (Fsp3) is 0.429. The van der Waals surface area contributed by atoms with E-state index in [9.17, 15) is 8.42 Å². The number of unbranched alkanes of at least 4 members (excludes halogenated alkanes) is 3. The van der Waals surface area contributed by atoms with Gasteiger partial charge in [0.2, 0.25) is 10.0 Å². The number of hydrogen-bond donors (Lipinski definition) is 4. The van der Waals surface area contributed by atoms with Gasteiger partial charge in [0.1, 0.15) is 4.90 Å². The highest BCUT2D eigenvalue weighted by molar-refractivity contribution is 7.89. The summed E-state index contributed by atoms with van der Waals surface area (Å²) in [7, 11) is -3.52. The molecule has 1 heterocycles. The standard InChI is InChI=1S/C14H21N3O3S/c15-11-5-6-12-13(9-11)16-10-14(12)21(19,20)17-7-3-1-2-4-8-18/h5-6,9-10,16-18H,1-4,7-8,15H2. The van der Waals surface area contributed by atoms with Gasteiger partial charge < -0.3 is 15.8 Å². The van der Waals surface area contributed by atoms with Crippen molar-refractivity contribution in [3.63, 3.8) is 0 Å². The number of H-pyrrole nitrogens is 1. The number of aliphatic hydroxyl groups excluding tert-OH is 1. The largest absolute Gasteiger partial charge is 0.399 e. The molecular formula is C14H21N3O3S.